The van der Waals surface area contributed by atoms with Gasteiger partial charge in [-0.25, -0.2) is 4.39 Å². The molecule has 1 amide bonds. The number of ether oxygens (including phenoxy) is 1. The second-order valence-electron chi connectivity index (χ2n) is 5.62. The summed E-state index contributed by atoms with van der Waals surface area (Å²) < 4.78 is 19.9. The first-order valence-electron chi connectivity index (χ1n) is 8.06. The SMILES string of the molecule is CCOC(C)N1C(=O)CN=C(c2ccccc2F)c2cc(Cl)ccc21. The van der Waals surface area contributed by atoms with Gasteiger partial charge in [-0.15, -0.1) is 0 Å². The van der Waals surface area contributed by atoms with Gasteiger partial charge in [-0.2, -0.15) is 0 Å². The molecule has 2 aromatic rings. The third-order valence-electron chi connectivity index (χ3n) is 4.01. The molecule has 0 N–H and O–H groups in total. The number of hydrogen-bond acceptors (Lipinski definition) is 3. The third kappa shape index (κ3) is 3.43. The van der Waals surface area contributed by atoms with Crippen molar-refractivity contribution in [3.63, 3.8) is 0 Å². The van der Waals surface area contributed by atoms with Crippen LogP contribution in [0, 0.1) is 5.82 Å². The lowest BCUT2D eigenvalue weighted by Crippen LogP contribution is -2.41. The van der Waals surface area contributed by atoms with Crippen molar-refractivity contribution in [2.45, 2.75) is 20.1 Å². The standard InChI is InChI=1S/C19H18ClFN2O2/c1-3-25-12(2)23-17-9-8-13(20)10-15(17)19(22-11-18(23)24)14-6-4-5-7-16(14)21/h4-10,12H,3,11H2,1-2H3. The summed E-state index contributed by atoms with van der Waals surface area (Å²) in [6.45, 7) is 4.04. The van der Waals surface area contributed by atoms with Crippen LogP contribution in [0.2, 0.25) is 5.02 Å². The Kier molecular flexibility index (Phi) is 5.16. The average Bonchev–Trinajstić information content (AvgIpc) is 2.72. The molecule has 0 bridgehead atoms. The third-order valence-corrected chi connectivity index (χ3v) is 4.25. The highest BCUT2D eigenvalue weighted by atomic mass is 35.5. The molecule has 0 fully saturated rings. The highest BCUT2D eigenvalue weighted by molar-refractivity contribution is 6.32. The van der Waals surface area contributed by atoms with E-state index in [2.05, 4.69) is 4.99 Å². The van der Waals surface area contributed by atoms with Gasteiger partial charge in [0, 0.05) is 22.8 Å². The number of anilines is 1. The van der Waals surface area contributed by atoms with Crippen LogP contribution in [0.25, 0.3) is 0 Å². The first-order valence-corrected chi connectivity index (χ1v) is 8.43. The lowest BCUT2D eigenvalue weighted by Gasteiger charge is -2.29. The molecule has 1 heterocycles. The summed E-state index contributed by atoms with van der Waals surface area (Å²) in [6, 6.07) is 11.5. The van der Waals surface area contributed by atoms with Crippen LogP contribution in [0.15, 0.2) is 47.5 Å². The van der Waals surface area contributed by atoms with Crippen molar-refractivity contribution in [2.75, 3.05) is 18.1 Å². The van der Waals surface area contributed by atoms with Gasteiger partial charge in [0.1, 0.15) is 18.6 Å². The molecule has 0 aliphatic carbocycles. The van der Waals surface area contributed by atoms with E-state index < -0.39 is 12.0 Å². The molecule has 4 nitrogen and oxygen atoms in total. The number of benzene rings is 2. The maximum absolute atomic E-state index is 14.3. The van der Waals surface area contributed by atoms with Crippen molar-refractivity contribution in [2.24, 2.45) is 4.99 Å². The Hall–Kier alpha value is -2.24. The van der Waals surface area contributed by atoms with Gasteiger partial charge in [0.2, 0.25) is 0 Å². The molecular weight excluding hydrogens is 343 g/mol. The summed E-state index contributed by atoms with van der Waals surface area (Å²) in [5.74, 6) is -0.609. The van der Waals surface area contributed by atoms with E-state index in [1.165, 1.54) is 6.07 Å². The molecule has 3 rings (SSSR count). The van der Waals surface area contributed by atoms with Crippen LogP contribution in [-0.4, -0.2) is 31.0 Å². The zero-order valence-electron chi connectivity index (χ0n) is 14.0. The predicted molar refractivity (Wildman–Crippen MR) is 96.9 cm³/mol. The Morgan fingerprint density at radius 3 is 2.76 bits per heavy atom. The average molecular weight is 361 g/mol. The summed E-state index contributed by atoms with van der Waals surface area (Å²) in [5, 5.41) is 0.487. The molecule has 0 saturated heterocycles. The van der Waals surface area contributed by atoms with Gasteiger partial charge >= 0.3 is 0 Å². The second kappa shape index (κ2) is 7.33. The smallest absolute Gasteiger partial charge is 0.250 e. The number of carbonyl (C=O) groups excluding carboxylic acids is 1. The van der Waals surface area contributed by atoms with Crippen LogP contribution in [-0.2, 0) is 9.53 Å². The van der Waals surface area contributed by atoms with E-state index in [9.17, 15) is 9.18 Å². The largest absolute Gasteiger partial charge is 0.359 e. The number of nitrogens with zero attached hydrogens (tertiary/aromatic N) is 2. The van der Waals surface area contributed by atoms with Crippen LogP contribution in [0.5, 0.6) is 0 Å². The fourth-order valence-electron chi connectivity index (χ4n) is 2.95. The molecule has 25 heavy (non-hydrogen) atoms. The van der Waals surface area contributed by atoms with Gasteiger partial charge in [-0.3, -0.25) is 14.7 Å². The molecule has 1 atom stereocenters. The minimum absolute atomic E-state index is 0.0899. The summed E-state index contributed by atoms with van der Waals surface area (Å²) in [6.07, 6.45) is -0.465. The van der Waals surface area contributed by atoms with E-state index in [1.807, 2.05) is 6.92 Å². The Morgan fingerprint density at radius 1 is 1.28 bits per heavy atom. The number of hydrogen-bond donors (Lipinski definition) is 0. The number of aliphatic imine (C=N–C) groups is 1. The monoisotopic (exact) mass is 360 g/mol. The first-order chi connectivity index (χ1) is 12.0. The van der Waals surface area contributed by atoms with Crippen LogP contribution in [0.1, 0.15) is 25.0 Å². The maximum atomic E-state index is 14.3. The van der Waals surface area contributed by atoms with Gasteiger partial charge in [0.25, 0.3) is 5.91 Å². The Morgan fingerprint density at radius 2 is 2.04 bits per heavy atom. The molecule has 0 aromatic heterocycles. The molecule has 0 saturated carbocycles. The number of fused-ring (bicyclic) bond motifs is 1. The molecule has 6 heteroatoms. The molecule has 1 unspecified atom stereocenters. The molecular formula is C19H18ClFN2O2. The van der Waals surface area contributed by atoms with E-state index in [0.717, 1.165) is 0 Å². The minimum Gasteiger partial charge on any atom is -0.359 e. The summed E-state index contributed by atoms with van der Waals surface area (Å²) in [4.78, 5) is 18.6. The van der Waals surface area contributed by atoms with E-state index in [4.69, 9.17) is 16.3 Å². The Bertz CT molecular complexity index is 838. The Labute approximate surface area is 150 Å². The van der Waals surface area contributed by atoms with Gasteiger partial charge in [-0.1, -0.05) is 23.7 Å². The van der Waals surface area contributed by atoms with Gasteiger partial charge in [0.05, 0.1) is 11.4 Å². The number of carbonyl (C=O) groups is 1. The van der Waals surface area contributed by atoms with Gasteiger partial charge in [0.15, 0.2) is 0 Å². The van der Waals surface area contributed by atoms with Crippen molar-refractivity contribution in [3.05, 3.63) is 64.4 Å². The highest BCUT2D eigenvalue weighted by Gasteiger charge is 2.29. The highest BCUT2D eigenvalue weighted by Crippen LogP contribution is 2.31. The molecule has 0 spiro atoms. The zero-order chi connectivity index (χ0) is 18.0. The lowest BCUT2D eigenvalue weighted by atomic mass is 9.99. The van der Waals surface area contributed by atoms with Gasteiger partial charge < -0.3 is 4.74 Å². The second-order valence-corrected chi connectivity index (χ2v) is 6.06. The first kappa shape index (κ1) is 17.6. The summed E-state index contributed by atoms with van der Waals surface area (Å²) >= 11 is 6.16. The van der Waals surface area contributed by atoms with Crippen molar-refractivity contribution in [1.29, 1.82) is 0 Å². The van der Waals surface area contributed by atoms with Crippen LogP contribution in [0.3, 0.4) is 0 Å². The number of rotatable bonds is 4. The molecule has 130 valence electrons. The van der Waals surface area contributed by atoms with Crippen molar-refractivity contribution < 1.29 is 13.9 Å². The van der Waals surface area contributed by atoms with Crippen molar-refractivity contribution >= 4 is 28.9 Å². The number of halogens is 2. The van der Waals surface area contributed by atoms with E-state index in [1.54, 1.807) is 48.2 Å². The van der Waals surface area contributed by atoms with Crippen molar-refractivity contribution in [3.8, 4) is 0 Å². The Balaban J connectivity index is 2.19. The van der Waals surface area contributed by atoms with Crippen LogP contribution in [0.4, 0.5) is 10.1 Å². The zero-order valence-corrected chi connectivity index (χ0v) is 14.8. The molecule has 2 aromatic carbocycles. The lowest BCUT2D eigenvalue weighted by molar-refractivity contribution is -0.119. The topological polar surface area (TPSA) is 41.9 Å². The normalized spacial score (nSPS) is 15.4. The van der Waals surface area contributed by atoms with E-state index in [0.29, 0.717) is 34.2 Å². The summed E-state index contributed by atoms with van der Waals surface area (Å²) in [5.41, 5.74) is 1.96. The van der Waals surface area contributed by atoms with Gasteiger partial charge in [-0.05, 0) is 44.2 Å². The number of benzodiazepines with no additional fused rings is 1. The fraction of sp³-hybridized carbons (Fsp3) is 0.263. The van der Waals surface area contributed by atoms with E-state index in [-0.39, 0.29) is 12.5 Å². The fourth-order valence-corrected chi connectivity index (χ4v) is 3.12. The van der Waals surface area contributed by atoms with Crippen molar-refractivity contribution in [1.82, 2.24) is 0 Å². The van der Waals surface area contributed by atoms with Crippen LogP contribution < -0.4 is 4.90 Å². The maximum Gasteiger partial charge on any atom is 0.250 e. The summed E-state index contributed by atoms with van der Waals surface area (Å²) in [7, 11) is 0. The van der Waals surface area contributed by atoms with Crippen LogP contribution >= 0.6 is 11.6 Å². The molecule has 1 aliphatic rings. The predicted octanol–water partition coefficient (Wildman–Crippen LogP) is 4.05. The molecule has 1 aliphatic heterocycles. The number of amides is 1. The van der Waals surface area contributed by atoms with E-state index >= 15 is 0 Å². The minimum atomic E-state index is -0.465. The quantitative estimate of drug-likeness (QED) is 0.825. The molecule has 0 radical (unpaired) electrons.